The van der Waals surface area contributed by atoms with E-state index in [1.807, 2.05) is 19.1 Å². The van der Waals surface area contributed by atoms with E-state index in [1.54, 1.807) is 7.11 Å². The number of hydrogen-bond donors (Lipinski definition) is 0. The summed E-state index contributed by atoms with van der Waals surface area (Å²) in [4.78, 5) is 2.48. The zero-order valence-electron chi connectivity index (χ0n) is 12.7. The van der Waals surface area contributed by atoms with Gasteiger partial charge in [-0.15, -0.1) is 0 Å². The lowest BCUT2D eigenvalue weighted by atomic mass is 9.95. The minimum Gasteiger partial charge on any atom is -0.497 e. The molecule has 0 unspecified atom stereocenters. The van der Waals surface area contributed by atoms with E-state index < -0.39 is 0 Å². The largest absolute Gasteiger partial charge is 0.497 e. The van der Waals surface area contributed by atoms with E-state index in [2.05, 4.69) is 28.3 Å². The molecule has 21 heavy (non-hydrogen) atoms. The third-order valence-electron chi connectivity index (χ3n) is 4.13. The fourth-order valence-electron chi connectivity index (χ4n) is 3.10. The van der Waals surface area contributed by atoms with E-state index in [0.29, 0.717) is 6.04 Å². The lowest BCUT2D eigenvalue weighted by molar-refractivity contribution is 0.126. The summed E-state index contributed by atoms with van der Waals surface area (Å²) in [6.07, 6.45) is 3.70. The van der Waals surface area contributed by atoms with Crippen molar-refractivity contribution in [3.63, 3.8) is 0 Å². The van der Waals surface area contributed by atoms with Crippen molar-refractivity contribution in [3.8, 4) is 5.75 Å². The van der Waals surface area contributed by atoms with Crippen LogP contribution in [0.1, 0.15) is 42.3 Å². The van der Waals surface area contributed by atoms with Crippen molar-refractivity contribution in [2.75, 3.05) is 13.7 Å². The van der Waals surface area contributed by atoms with E-state index in [9.17, 15) is 0 Å². The van der Waals surface area contributed by atoms with Gasteiger partial charge in [-0.25, -0.2) is 0 Å². The Balaban J connectivity index is 1.80. The molecule has 1 aliphatic rings. The van der Waals surface area contributed by atoms with E-state index >= 15 is 0 Å². The Morgan fingerprint density at radius 1 is 1.33 bits per heavy atom. The lowest BCUT2D eigenvalue weighted by Gasteiger charge is -2.35. The van der Waals surface area contributed by atoms with Gasteiger partial charge in [0.15, 0.2) is 5.76 Å². The molecule has 1 fully saturated rings. The van der Waals surface area contributed by atoms with Crippen molar-refractivity contribution < 1.29 is 9.26 Å². The predicted molar refractivity (Wildman–Crippen MR) is 81.2 cm³/mol. The summed E-state index contributed by atoms with van der Waals surface area (Å²) < 4.78 is 10.7. The summed E-state index contributed by atoms with van der Waals surface area (Å²) >= 11 is 0. The van der Waals surface area contributed by atoms with E-state index in [0.717, 1.165) is 30.3 Å². The van der Waals surface area contributed by atoms with Crippen molar-refractivity contribution >= 4 is 0 Å². The van der Waals surface area contributed by atoms with Crippen LogP contribution in [0.2, 0.25) is 0 Å². The van der Waals surface area contributed by atoms with Gasteiger partial charge in [-0.3, -0.25) is 4.90 Å². The van der Waals surface area contributed by atoms with Crippen LogP contribution < -0.4 is 4.74 Å². The molecule has 1 aromatic heterocycles. The Hall–Kier alpha value is -1.81. The SMILES string of the molecule is COc1cccc([C@@H]2CCCCN2Cc2cc(C)no2)c1. The number of aromatic nitrogens is 1. The van der Waals surface area contributed by atoms with Gasteiger partial charge in [0.2, 0.25) is 0 Å². The van der Waals surface area contributed by atoms with Gasteiger partial charge in [-0.05, 0) is 44.0 Å². The molecule has 0 spiro atoms. The molecule has 1 atom stereocenters. The molecule has 3 rings (SSSR count). The van der Waals surface area contributed by atoms with Crippen molar-refractivity contribution in [1.29, 1.82) is 0 Å². The highest BCUT2D eigenvalue weighted by atomic mass is 16.5. The second kappa shape index (κ2) is 6.31. The smallest absolute Gasteiger partial charge is 0.150 e. The van der Waals surface area contributed by atoms with E-state index in [1.165, 1.54) is 24.8 Å². The topological polar surface area (TPSA) is 38.5 Å². The lowest BCUT2D eigenvalue weighted by Crippen LogP contribution is -2.32. The first-order chi connectivity index (χ1) is 10.3. The number of methoxy groups -OCH3 is 1. The maximum atomic E-state index is 5.38. The Labute approximate surface area is 125 Å². The third kappa shape index (κ3) is 3.27. The highest BCUT2D eigenvalue weighted by molar-refractivity contribution is 5.30. The molecule has 1 aromatic carbocycles. The fourth-order valence-corrected chi connectivity index (χ4v) is 3.10. The molecule has 0 amide bonds. The Morgan fingerprint density at radius 2 is 2.24 bits per heavy atom. The van der Waals surface area contributed by atoms with Gasteiger partial charge in [0.05, 0.1) is 19.3 Å². The molecular formula is C17H22N2O2. The summed E-state index contributed by atoms with van der Waals surface area (Å²) in [6.45, 7) is 3.88. The van der Waals surface area contributed by atoms with Crippen LogP contribution in [0, 0.1) is 6.92 Å². The van der Waals surface area contributed by atoms with Crippen LogP contribution in [0.15, 0.2) is 34.9 Å². The van der Waals surface area contributed by atoms with Gasteiger partial charge in [-0.2, -0.15) is 0 Å². The van der Waals surface area contributed by atoms with Crippen LogP contribution in [0.25, 0.3) is 0 Å². The maximum absolute atomic E-state index is 5.38. The van der Waals surface area contributed by atoms with E-state index in [-0.39, 0.29) is 0 Å². The van der Waals surface area contributed by atoms with Crippen molar-refractivity contribution in [3.05, 3.63) is 47.3 Å². The average Bonchev–Trinajstić information content (AvgIpc) is 2.93. The summed E-state index contributed by atoms with van der Waals surface area (Å²) in [7, 11) is 1.72. The molecule has 0 radical (unpaired) electrons. The number of likely N-dealkylation sites (tertiary alicyclic amines) is 1. The van der Waals surface area contributed by atoms with Gasteiger partial charge >= 0.3 is 0 Å². The van der Waals surface area contributed by atoms with Gasteiger partial charge in [0, 0.05) is 12.1 Å². The molecule has 0 N–H and O–H groups in total. The molecule has 2 aromatic rings. The van der Waals surface area contributed by atoms with Crippen molar-refractivity contribution in [2.45, 2.75) is 38.8 Å². The maximum Gasteiger partial charge on any atom is 0.150 e. The van der Waals surface area contributed by atoms with Gasteiger partial charge in [0.25, 0.3) is 0 Å². The Bertz CT molecular complexity index is 594. The molecule has 4 nitrogen and oxygen atoms in total. The number of benzene rings is 1. The Morgan fingerprint density at radius 3 is 3.00 bits per heavy atom. The minimum absolute atomic E-state index is 0.430. The van der Waals surface area contributed by atoms with Crippen LogP contribution >= 0.6 is 0 Å². The molecule has 2 heterocycles. The molecule has 0 bridgehead atoms. The number of hydrogen-bond acceptors (Lipinski definition) is 4. The van der Waals surface area contributed by atoms with Gasteiger partial charge < -0.3 is 9.26 Å². The van der Waals surface area contributed by atoms with Gasteiger partial charge in [-0.1, -0.05) is 23.7 Å². The first kappa shape index (κ1) is 14.1. The number of ether oxygens (including phenoxy) is 1. The number of rotatable bonds is 4. The molecule has 0 saturated carbocycles. The summed E-state index contributed by atoms with van der Waals surface area (Å²) in [5, 5.41) is 3.99. The second-order valence-corrected chi connectivity index (χ2v) is 5.69. The molecule has 4 heteroatoms. The van der Waals surface area contributed by atoms with E-state index in [4.69, 9.17) is 9.26 Å². The van der Waals surface area contributed by atoms with Crippen LogP contribution in [0.4, 0.5) is 0 Å². The van der Waals surface area contributed by atoms with Crippen LogP contribution in [-0.4, -0.2) is 23.7 Å². The summed E-state index contributed by atoms with van der Waals surface area (Å²) in [5.74, 6) is 1.87. The third-order valence-corrected chi connectivity index (χ3v) is 4.13. The second-order valence-electron chi connectivity index (χ2n) is 5.69. The molecule has 1 saturated heterocycles. The standard InChI is InChI=1S/C17H22N2O2/c1-13-10-16(21-18-13)12-19-9-4-3-8-17(19)14-6-5-7-15(11-14)20-2/h5-7,10-11,17H,3-4,8-9,12H2,1-2H3/t17-/m0/s1. The predicted octanol–water partition coefficient (Wildman–Crippen LogP) is 3.72. The highest BCUT2D eigenvalue weighted by Gasteiger charge is 2.25. The molecule has 1 aliphatic heterocycles. The normalized spacial score (nSPS) is 19.6. The first-order valence-electron chi connectivity index (χ1n) is 7.56. The zero-order chi connectivity index (χ0) is 14.7. The Kier molecular flexibility index (Phi) is 4.25. The molecule has 0 aliphatic carbocycles. The summed E-state index contributed by atoms with van der Waals surface area (Å²) in [5.41, 5.74) is 2.27. The molecular weight excluding hydrogens is 264 g/mol. The zero-order valence-corrected chi connectivity index (χ0v) is 12.7. The monoisotopic (exact) mass is 286 g/mol. The molecule has 112 valence electrons. The van der Waals surface area contributed by atoms with Crippen molar-refractivity contribution in [2.24, 2.45) is 0 Å². The van der Waals surface area contributed by atoms with Gasteiger partial charge in [0.1, 0.15) is 5.75 Å². The average molecular weight is 286 g/mol. The van der Waals surface area contributed by atoms with Crippen LogP contribution in [-0.2, 0) is 6.54 Å². The first-order valence-corrected chi connectivity index (χ1v) is 7.56. The number of aryl methyl sites for hydroxylation is 1. The highest BCUT2D eigenvalue weighted by Crippen LogP contribution is 2.33. The fraction of sp³-hybridized carbons (Fsp3) is 0.471. The number of piperidine rings is 1. The number of nitrogens with zero attached hydrogens (tertiary/aromatic N) is 2. The van der Waals surface area contributed by atoms with Crippen LogP contribution in [0.5, 0.6) is 5.75 Å². The summed E-state index contributed by atoms with van der Waals surface area (Å²) in [6, 6.07) is 10.9. The minimum atomic E-state index is 0.430. The quantitative estimate of drug-likeness (QED) is 0.858. The van der Waals surface area contributed by atoms with Crippen molar-refractivity contribution in [1.82, 2.24) is 10.1 Å². The van der Waals surface area contributed by atoms with Crippen LogP contribution in [0.3, 0.4) is 0 Å².